The molecular weight excluding hydrogens is 184 g/mol. The van der Waals surface area contributed by atoms with Crippen molar-refractivity contribution in [3.05, 3.63) is 17.5 Å². The predicted molar refractivity (Wildman–Crippen MR) is 51.2 cm³/mol. The molecule has 0 aliphatic rings. The SMILES string of the molecule is CCOC(=O)c1c(NC=O)c[nH]c1C. The number of ether oxygens (including phenoxy) is 1. The Balaban J connectivity index is 2.97. The Morgan fingerprint density at radius 2 is 2.43 bits per heavy atom. The summed E-state index contributed by atoms with van der Waals surface area (Å²) in [7, 11) is 0. The van der Waals surface area contributed by atoms with Gasteiger partial charge in [-0.3, -0.25) is 4.79 Å². The van der Waals surface area contributed by atoms with Crippen LogP contribution in [0.2, 0.25) is 0 Å². The van der Waals surface area contributed by atoms with Crippen molar-refractivity contribution in [3.8, 4) is 0 Å². The van der Waals surface area contributed by atoms with Crippen molar-refractivity contribution in [2.45, 2.75) is 13.8 Å². The molecular formula is C9H12N2O3. The highest BCUT2D eigenvalue weighted by molar-refractivity contribution is 5.99. The lowest BCUT2D eigenvalue weighted by molar-refractivity contribution is -0.105. The van der Waals surface area contributed by atoms with E-state index in [1.54, 1.807) is 20.0 Å². The molecule has 2 N–H and O–H groups in total. The maximum atomic E-state index is 11.4. The molecule has 0 radical (unpaired) electrons. The van der Waals surface area contributed by atoms with Crippen LogP contribution in [0.1, 0.15) is 23.0 Å². The number of aryl methyl sites for hydroxylation is 1. The maximum Gasteiger partial charge on any atom is 0.342 e. The average Bonchev–Trinajstić information content (AvgIpc) is 2.48. The van der Waals surface area contributed by atoms with Gasteiger partial charge in [0.2, 0.25) is 6.41 Å². The van der Waals surface area contributed by atoms with Gasteiger partial charge in [-0.25, -0.2) is 4.79 Å². The van der Waals surface area contributed by atoms with Crippen LogP contribution < -0.4 is 5.32 Å². The van der Waals surface area contributed by atoms with Crippen molar-refractivity contribution < 1.29 is 14.3 Å². The second-order valence-corrected chi connectivity index (χ2v) is 2.69. The van der Waals surface area contributed by atoms with Crippen molar-refractivity contribution in [1.29, 1.82) is 0 Å². The van der Waals surface area contributed by atoms with Crippen molar-refractivity contribution >= 4 is 18.1 Å². The molecule has 1 aromatic rings. The summed E-state index contributed by atoms with van der Waals surface area (Å²) < 4.78 is 4.84. The van der Waals surface area contributed by atoms with Gasteiger partial charge in [-0.05, 0) is 13.8 Å². The van der Waals surface area contributed by atoms with Crippen LogP contribution in [0.5, 0.6) is 0 Å². The molecule has 5 heteroatoms. The molecule has 0 saturated heterocycles. The smallest absolute Gasteiger partial charge is 0.342 e. The van der Waals surface area contributed by atoms with Gasteiger partial charge < -0.3 is 15.0 Å². The van der Waals surface area contributed by atoms with Crippen LogP contribution in [0, 0.1) is 6.92 Å². The maximum absolute atomic E-state index is 11.4. The van der Waals surface area contributed by atoms with E-state index in [0.717, 1.165) is 0 Å². The molecule has 0 unspecified atom stereocenters. The first-order valence-electron chi connectivity index (χ1n) is 4.26. The van der Waals surface area contributed by atoms with E-state index in [9.17, 15) is 9.59 Å². The number of carbonyl (C=O) groups excluding carboxylic acids is 2. The summed E-state index contributed by atoms with van der Waals surface area (Å²) in [5.74, 6) is -0.435. The van der Waals surface area contributed by atoms with Crippen LogP contribution >= 0.6 is 0 Å². The number of aromatic nitrogens is 1. The van der Waals surface area contributed by atoms with E-state index in [0.29, 0.717) is 30.0 Å². The molecule has 0 atom stereocenters. The molecule has 76 valence electrons. The standard InChI is InChI=1S/C9H12N2O3/c1-3-14-9(13)8-6(2)10-4-7(8)11-5-12/h4-5,10H,3H2,1-2H3,(H,11,12). The summed E-state index contributed by atoms with van der Waals surface area (Å²) in [5.41, 5.74) is 1.49. The number of esters is 1. The minimum Gasteiger partial charge on any atom is -0.462 e. The van der Waals surface area contributed by atoms with Gasteiger partial charge in [0, 0.05) is 11.9 Å². The molecule has 1 aromatic heterocycles. The van der Waals surface area contributed by atoms with Crippen molar-refractivity contribution in [3.63, 3.8) is 0 Å². The third-order valence-corrected chi connectivity index (χ3v) is 1.77. The molecule has 0 aliphatic heterocycles. The summed E-state index contributed by atoms with van der Waals surface area (Å²) in [4.78, 5) is 24.5. The second-order valence-electron chi connectivity index (χ2n) is 2.69. The molecule has 1 rings (SSSR count). The number of aromatic amines is 1. The molecule has 0 fully saturated rings. The number of hydrogen-bond acceptors (Lipinski definition) is 3. The number of hydrogen-bond donors (Lipinski definition) is 2. The van der Waals surface area contributed by atoms with Crippen LogP contribution in [-0.2, 0) is 9.53 Å². The van der Waals surface area contributed by atoms with E-state index in [1.807, 2.05) is 0 Å². The first-order chi connectivity index (χ1) is 6.70. The average molecular weight is 196 g/mol. The van der Waals surface area contributed by atoms with Crippen molar-refractivity contribution in [2.24, 2.45) is 0 Å². The Morgan fingerprint density at radius 3 is 3.00 bits per heavy atom. The number of H-pyrrole nitrogens is 1. The molecule has 14 heavy (non-hydrogen) atoms. The van der Waals surface area contributed by atoms with Crippen LogP contribution in [0.15, 0.2) is 6.20 Å². The van der Waals surface area contributed by atoms with Crippen molar-refractivity contribution in [1.82, 2.24) is 4.98 Å². The molecule has 1 amide bonds. The lowest BCUT2D eigenvalue weighted by Crippen LogP contribution is -2.08. The van der Waals surface area contributed by atoms with E-state index in [2.05, 4.69) is 10.3 Å². The van der Waals surface area contributed by atoms with Gasteiger partial charge in [-0.15, -0.1) is 0 Å². The van der Waals surface area contributed by atoms with Gasteiger partial charge in [0.05, 0.1) is 12.3 Å². The molecule has 1 heterocycles. The minimum absolute atomic E-state index is 0.310. The predicted octanol–water partition coefficient (Wildman–Crippen LogP) is 1.07. The topological polar surface area (TPSA) is 71.2 Å². The van der Waals surface area contributed by atoms with Crippen molar-refractivity contribution in [2.75, 3.05) is 11.9 Å². The highest BCUT2D eigenvalue weighted by Crippen LogP contribution is 2.19. The molecule has 0 spiro atoms. The lowest BCUT2D eigenvalue weighted by Gasteiger charge is -2.03. The largest absolute Gasteiger partial charge is 0.462 e. The fraction of sp³-hybridized carbons (Fsp3) is 0.333. The Labute approximate surface area is 81.5 Å². The Hall–Kier alpha value is -1.78. The number of nitrogens with one attached hydrogen (secondary N) is 2. The van der Waals surface area contributed by atoms with Gasteiger partial charge in [0.1, 0.15) is 5.56 Å². The van der Waals surface area contributed by atoms with Gasteiger partial charge in [0.25, 0.3) is 0 Å². The van der Waals surface area contributed by atoms with Gasteiger partial charge in [0.15, 0.2) is 0 Å². The summed E-state index contributed by atoms with van der Waals surface area (Å²) in [5, 5.41) is 2.42. The normalized spacial score (nSPS) is 9.57. The Morgan fingerprint density at radius 1 is 1.71 bits per heavy atom. The number of rotatable bonds is 4. The fourth-order valence-electron chi connectivity index (χ4n) is 1.17. The zero-order chi connectivity index (χ0) is 10.6. The zero-order valence-electron chi connectivity index (χ0n) is 8.09. The summed E-state index contributed by atoms with van der Waals surface area (Å²) in [6, 6.07) is 0. The van der Waals surface area contributed by atoms with E-state index in [1.165, 1.54) is 0 Å². The quantitative estimate of drug-likeness (QED) is 0.559. The van der Waals surface area contributed by atoms with Crippen LogP contribution in [0.3, 0.4) is 0 Å². The summed E-state index contributed by atoms with van der Waals surface area (Å²) in [6.45, 7) is 3.78. The number of carbonyl (C=O) groups is 2. The van der Waals surface area contributed by atoms with E-state index in [-0.39, 0.29) is 0 Å². The molecule has 0 aliphatic carbocycles. The third-order valence-electron chi connectivity index (χ3n) is 1.77. The number of anilines is 1. The molecule has 0 bridgehead atoms. The van der Waals surface area contributed by atoms with E-state index >= 15 is 0 Å². The Kier molecular flexibility index (Phi) is 3.28. The molecule has 0 saturated carbocycles. The van der Waals surface area contributed by atoms with Crippen LogP contribution in [0.25, 0.3) is 0 Å². The minimum atomic E-state index is -0.435. The molecule has 5 nitrogen and oxygen atoms in total. The van der Waals surface area contributed by atoms with E-state index < -0.39 is 5.97 Å². The first-order valence-corrected chi connectivity index (χ1v) is 4.26. The Bertz CT molecular complexity index is 344. The third kappa shape index (κ3) is 1.93. The zero-order valence-corrected chi connectivity index (χ0v) is 8.09. The number of amides is 1. The summed E-state index contributed by atoms with van der Waals surface area (Å²) >= 11 is 0. The highest BCUT2D eigenvalue weighted by Gasteiger charge is 2.16. The van der Waals surface area contributed by atoms with Gasteiger partial charge in [-0.1, -0.05) is 0 Å². The monoisotopic (exact) mass is 196 g/mol. The first kappa shape index (κ1) is 10.3. The van der Waals surface area contributed by atoms with Crippen LogP contribution in [0.4, 0.5) is 5.69 Å². The summed E-state index contributed by atoms with van der Waals surface area (Å²) in [6.07, 6.45) is 2.07. The van der Waals surface area contributed by atoms with Crippen LogP contribution in [-0.4, -0.2) is 24.0 Å². The molecule has 0 aromatic carbocycles. The second kappa shape index (κ2) is 4.45. The highest BCUT2D eigenvalue weighted by atomic mass is 16.5. The van der Waals surface area contributed by atoms with Gasteiger partial charge >= 0.3 is 5.97 Å². The van der Waals surface area contributed by atoms with Gasteiger partial charge in [-0.2, -0.15) is 0 Å². The lowest BCUT2D eigenvalue weighted by atomic mass is 10.2. The van der Waals surface area contributed by atoms with E-state index in [4.69, 9.17) is 4.74 Å². The fourth-order valence-corrected chi connectivity index (χ4v) is 1.17.